The molecular weight excluding hydrogens is 282 g/mol. The molecule has 0 bridgehead atoms. The van der Waals surface area contributed by atoms with Crippen LogP contribution in [0.5, 0.6) is 0 Å². The molecule has 1 atom stereocenters. The second-order valence-corrected chi connectivity index (χ2v) is 4.02. The first-order chi connectivity index (χ1) is 11.2. The van der Waals surface area contributed by atoms with E-state index in [1.54, 1.807) is 12.2 Å². The molecule has 3 heteroatoms. The molecule has 0 N–H and O–H groups in total. The minimum absolute atomic E-state index is 0.248. The van der Waals surface area contributed by atoms with Crippen molar-refractivity contribution in [2.75, 3.05) is 7.05 Å². The second-order valence-electron chi connectivity index (χ2n) is 4.02. The van der Waals surface area contributed by atoms with Gasteiger partial charge in [0.1, 0.15) is 5.82 Å². The van der Waals surface area contributed by atoms with E-state index in [1.807, 2.05) is 66.1 Å². The molecule has 0 saturated heterocycles. The second kappa shape index (κ2) is 13.6. The van der Waals surface area contributed by atoms with Crippen LogP contribution in [-0.2, 0) is 0 Å². The number of aromatic nitrogens is 2. The summed E-state index contributed by atoms with van der Waals surface area (Å²) >= 11 is 0. The zero-order valence-corrected chi connectivity index (χ0v) is 16.3. The number of hydrogen-bond acceptors (Lipinski definition) is 2. The van der Waals surface area contributed by atoms with Crippen molar-refractivity contribution >= 4 is 5.70 Å². The number of allylic oxidation sites excluding steroid dienone is 5. The largest absolute Gasteiger partial charge is 0.363 e. The van der Waals surface area contributed by atoms with Crippen molar-refractivity contribution in [3.8, 4) is 0 Å². The van der Waals surface area contributed by atoms with E-state index >= 15 is 0 Å². The lowest BCUT2D eigenvalue weighted by Crippen LogP contribution is -2.31. The van der Waals surface area contributed by atoms with E-state index in [4.69, 9.17) is 0 Å². The highest BCUT2D eigenvalue weighted by atomic mass is 15.3. The molecule has 1 aromatic rings. The van der Waals surface area contributed by atoms with E-state index in [9.17, 15) is 0 Å². The van der Waals surface area contributed by atoms with Gasteiger partial charge < -0.3 is 4.90 Å². The summed E-state index contributed by atoms with van der Waals surface area (Å²) in [5.41, 5.74) is 2.20. The summed E-state index contributed by atoms with van der Waals surface area (Å²) in [4.78, 5) is 6.60. The standard InChI is InChI=1S/C14H17N3.3C2H6/c1-5-7-12-13(8-6-2)17-10-9-15-14(17)11(3)16(12)4;3*1-2/h5-11H,1-2H2,3-4H3;3*1-2H3/b12-7+,13-8+;;;. The zero-order chi connectivity index (χ0) is 18.4. The molecule has 0 fully saturated rings. The van der Waals surface area contributed by atoms with Gasteiger partial charge in [0.25, 0.3) is 0 Å². The van der Waals surface area contributed by atoms with Gasteiger partial charge in [-0.1, -0.05) is 66.9 Å². The molecule has 0 spiro atoms. The molecule has 2 rings (SSSR count). The lowest BCUT2D eigenvalue weighted by atomic mass is 10.1. The minimum atomic E-state index is 0.248. The lowest BCUT2D eigenvalue weighted by Gasteiger charge is -2.36. The summed E-state index contributed by atoms with van der Waals surface area (Å²) in [6.07, 6.45) is 11.4. The average molecular weight is 318 g/mol. The average Bonchev–Trinajstić information content (AvgIpc) is 3.11. The molecule has 1 unspecified atom stereocenters. The van der Waals surface area contributed by atoms with Crippen LogP contribution in [-0.4, -0.2) is 21.5 Å². The summed E-state index contributed by atoms with van der Waals surface area (Å²) in [5.74, 6) is 1.04. The van der Waals surface area contributed by atoms with E-state index in [2.05, 4.69) is 41.6 Å². The van der Waals surface area contributed by atoms with Gasteiger partial charge >= 0.3 is 0 Å². The van der Waals surface area contributed by atoms with Gasteiger partial charge in [-0.3, -0.25) is 4.57 Å². The Balaban J connectivity index is 0. The van der Waals surface area contributed by atoms with E-state index in [0.717, 1.165) is 17.2 Å². The highest BCUT2D eigenvalue weighted by Crippen LogP contribution is 2.34. The molecule has 1 aliphatic rings. The van der Waals surface area contributed by atoms with Crippen LogP contribution in [0.1, 0.15) is 60.3 Å². The normalized spacial score (nSPS) is 18.4. The molecule has 0 amide bonds. The highest BCUT2D eigenvalue weighted by molar-refractivity contribution is 5.68. The molecule has 2 heterocycles. The summed E-state index contributed by atoms with van der Waals surface area (Å²) in [6, 6.07) is 0.248. The van der Waals surface area contributed by atoms with Gasteiger partial charge in [-0.2, -0.15) is 0 Å². The van der Waals surface area contributed by atoms with Gasteiger partial charge in [0.05, 0.1) is 17.4 Å². The summed E-state index contributed by atoms with van der Waals surface area (Å²) < 4.78 is 2.10. The Morgan fingerprint density at radius 1 is 0.957 bits per heavy atom. The topological polar surface area (TPSA) is 21.1 Å². The van der Waals surface area contributed by atoms with Crippen LogP contribution in [0.3, 0.4) is 0 Å². The maximum Gasteiger partial charge on any atom is 0.135 e. The summed E-state index contributed by atoms with van der Waals surface area (Å²) in [7, 11) is 2.06. The van der Waals surface area contributed by atoms with E-state index in [-0.39, 0.29) is 6.04 Å². The Morgan fingerprint density at radius 3 is 1.91 bits per heavy atom. The monoisotopic (exact) mass is 317 g/mol. The van der Waals surface area contributed by atoms with E-state index in [1.165, 1.54) is 0 Å². The summed E-state index contributed by atoms with van der Waals surface area (Å²) in [6.45, 7) is 21.7. The quantitative estimate of drug-likeness (QED) is 0.660. The van der Waals surface area contributed by atoms with Crippen LogP contribution in [0.15, 0.2) is 55.6 Å². The first-order valence-corrected chi connectivity index (χ1v) is 8.63. The van der Waals surface area contributed by atoms with Crippen LogP contribution in [0.4, 0.5) is 0 Å². The molecule has 0 radical (unpaired) electrons. The van der Waals surface area contributed by atoms with E-state index in [0.29, 0.717) is 0 Å². The molecular formula is C20H35N3. The first kappa shape index (κ1) is 23.2. The van der Waals surface area contributed by atoms with Crippen molar-refractivity contribution < 1.29 is 0 Å². The SMILES string of the molecule is C=C/C=C1\C(=C/C=C)n2ccnc2C(C)N1C.CC.CC.CC. The lowest BCUT2D eigenvalue weighted by molar-refractivity contribution is 0.310. The molecule has 0 saturated carbocycles. The molecule has 0 aromatic carbocycles. The third-order valence-corrected chi connectivity index (χ3v) is 3.08. The van der Waals surface area contributed by atoms with Gasteiger partial charge in [0.2, 0.25) is 0 Å². The molecule has 23 heavy (non-hydrogen) atoms. The number of imidazole rings is 1. The van der Waals surface area contributed by atoms with Gasteiger partial charge in [-0.25, -0.2) is 4.98 Å². The number of nitrogens with zero attached hydrogens (tertiary/aromatic N) is 3. The number of likely N-dealkylation sites (N-methyl/N-ethyl adjacent to an activating group) is 1. The summed E-state index contributed by atoms with van der Waals surface area (Å²) in [5, 5.41) is 0. The van der Waals surface area contributed by atoms with Crippen LogP contribution >= 0.6 is 0 Å². The maximum absolute atomic E-state index is 4.41. The van der Waals surface area contributed by atoms with Crippen molar-refractivity contribution in [2.24, 2.45) is 0 Å². The Morgan fingerprint density at radius 2 is 1.43 bits per heavy atom. The van der Waals surface area contributed by atoms with Crippen LogP contribution in [0, 0.1) is 0 Å². The van der Waals surface area contributed by atoms with Crippen LogP contribution in [0.25, 0.3) is 5.70 Å². The smallest absolute Gasteiger partial charge is 0.135 e. The Labute approximate surface area is 143 Å². The predicted octanol–water partition coefficient (Wildman–Crippen LogP) is 6.06. The van der Waals surface area contributed by atoms with Crippen molar-refractivity contribution in [1.29, 1.82) is 0 Å². The highest BCUT2D eigenvalue weighted by Gasteiger charge is 2.27. The molecule has 1 aliphatic heterocycles. The molecule has 0 aliphatic carbocycles. The van der Waals surface area contributed by atoms with Gasteiger partial charge in [0.15, 0.2) is 0 Å². The third kappa shape index (κ3) is 5.59. The predicted molar refractivity (Wildman–Crippen MR) is 105 cm³/mol. The number of fused-ring (bicyclic) bond motifs is 1. The van der Waals surface area contributed by atoms with Gasteiger partial charge in [-0.15, -0.1) is 0 Å². The van der Waals surface area contributed by atoms with Crippen molar-refractivity contribution in [3.05, 3.63) is 61.4 Å². The number of hydrogen-bond donors (Lipinski definition) is 0. The Kier molecular flexibility index (Phi) is 13.8. The zero-order valence-electron chi connectivity index (χ0n) is 16.3. The van der Waals surface area contributed by atoms with Crippen LogP contribution < -0.4 is 0 Å². The van der Waals surface area contributed by atoms with Crippen molar-refractivity contribution in [3.63, 3.8) is 0 Å². The van der Waals surface area contributed by atoms with Crippen molar-refractivity contribution in [1.82, 2.24) is 14.5 Å². The van der Waals surface area contributed by atoms with Gasteiger partial charge in [0, 0.05) is 19.4 Å². The molecule has 3 nitrogen and oxygen atoms in total. The van der Waals surface area contributed by atoms with Crippen LogP contribution in [0.2, 0.25) is 0 Å². The molecule has 1 aromatic heterocycles. The first-order valence-electron chi connectivity index (χ1n) is 8.63. The van der Waals surface area contributed by atoms with Crippen molar-refractivity contribution in [2.45, 2.75) is 54.5 Å². The fraction of sp³-hybridized carbons (Fsp3) is 0.450. The third-order valence-electron chi connectivity index (χ3n) is 3.08. The van der Waals surface area contributed by atoms with E-state index < -0.39 is 0 Å². The fourth-order valence-corrected chi connectivity index (χ4v) is 2.11. The maximum atomic E-state index is 4.41. The Bertz CT molecular complexity index is 507. The van der Waals surface area contributed by atoms with Gasteiger partial charge in [-0.05, 0) is 19.1 Å². The minimum Gasteiger partial charge on any atom is -0.363 e. The molecule has 130 valence electrons. The Hall–Kier alpha value is -2.03. The number of rotatable bonds is 2. The fourth-order valence-electron chi connectivity index (χ4n) is 2.11.